The molecule has 4 aromatic rings. The molecule has 6 heteroatoms. The summed E-state index contributed by atoms with van der Waals surface area (Å²) in [7, 11) is 0. The average molecular weight is 468 g/mol. The van der Waals surface area contributed by atoms with Crippen molar-refractivity contribution in [1.29, 1.82) is 0 Å². The highest BCUT2D eigenvalue weighted by Gasteiger charge is 2.25. The number of hydrogen-bond donors (Lipinski definition) is 1. The van der Waals surface area contributed by atoms with Gasteiger partial charge in [-0.25, -0.2) is 4.79 Å². The molecule has 0 bridgehead atoms. The molecule has 0 radical (unpaired) electrons. The molecule has 0 aliphatic carbocycles. The van der Waals surface area contributed by atoms with Gasteiger partial charge in [0.15, 0.2) is 0 Å². The molecule has 1 saturated heterocycles. The van der Waals surface area contributed by atoms with Crippen LogP contribution in [0.25, 0.3) is 16.5 Å². The van der Waals surface area contributed by atoms with Gasteiger partial charge in [0.2, 0.25) is 0 Å². The van der Waals surface area contributed by atoms with Crippen molar-refractivity contribution in [3.8, 4) is 5.69 Å². The van der Waals surface area contributed by atoms with Gasteiger partial charge in [-0.2, -0.15) is 0 Å². The minimum absolute atomic E-state index is 0.187. The number of fused-ring (bicyclic) bond motifs is 1. The van der Waals surface area contributed by atoms with Crippen LogP contribution < -0.4 is 5.56 Å². The van der Waals surface area contributed by atoms with E-state index in [9.17, 15) is 14.7 Å². The monoisotopic (exact) mass is 467 g/mol. The molecule has 0 saturated carbocycles. The first-order valence-electron chi connectivity index (χ1n) is 12.1. The summed E-state index contributed by atoms with van der Waals surface area (Å²) in [5.41, 5.74) is 2.57. The number of carboxylic acid groups (broad SMARTS) is 1. The van der Waals surface area contributed by atoms with E-state index >= 15 is 0 Å². The summed E-state index contributed by atoms with van der Waals surface area (Å²) in [5.74, 6) is -1.01. The molecule has 0 amide bonds. The van der Waals surface area contributed by atoms with E-state index in [1.807, 2.05) is 36.4 Å². The number of rotatable bonds is 7. The lowest BCUT2D eigenvalue weighted by atomic mass is 10.0. The molecule has 1 N–H and O–H groups in total. The largest absolute Gasteiger partial charge is 0.478 e. The van der Waals surface area contributed by atoms with Crippen molar-refractivity contribution in [2.24, 2.45) is 0 Å². The van der Waals surface area contributed by atoms with Gasteiger partial charge < -0.3 is 10.0 Å². The van der Waals surface area contributed by atoms with Crippen molar-refractivity contribution >= 4 is 16.7 Å². The van der Waals surface area contributed by atoms with Gasteiger partial charge in [-0.05, 0) is 30.2 Å². The van der Waals surface area contributed by atoms with Gasteiger partial charge in [0.1, 0.15) is 0 Å². The molecule has 1 aromatic heterocycles. The third kappa shape index (κ3) is 4.90. The highest BCUT2D eigenvalue weighted by molar-refractivity contribution is 6.04. The second kappa shape index (κ2) is 10.3. The fourth-order valence-electron chi connectivity index (χ4n) is 4.95. The number of piperazine rings is 1. The second-order valence-corrected chi connectivity index (χ2v) is 9.00. The maximum atomic E-state index is 13.6. The second-order valence-electron chi connectivity index (χ2n) is 9.00. The Labute approximate surface area is 204 Å². The lowest BCUT2D eigenvalue weighted by Crippen LogP contribution is -2.47. The van der Waals surface area contributed by atoms with Crippen molar-refractivity contribution in [3.05, 3.63) is 112 Å². The van der Waals surface area contributed by atoms with E-state index < -0.39 is 5.97 Å². The molecule has 1 aliphatic rings. The third-order valence-corrected chi connectivity index (χ3v) is 6.81. The van der Waals surface area contributed by atoms with Crippen LogP contribution in [0.3, 0.4) is 0 Å². The number of pyridine rings is 1. The fourth-order valence-corrected chi connectivity index (χ4v) is 4.95. The number of para-hydroxylation sites is 1. The summed E-state index contributed by atoms with van der Waals surface area (Å²) in [5, 5.41) is 11.1. The van der Waals surface area contributed by atoms with Crippen LogP contribution in [-0.2, 0) is 13.0 Å². The number of aromatic nitrogens is 1. The lowest BCUT2D eigenvalue weighted by Gasteiger charge is -2.35. The van der Waals surface area contributed by atoms with E-state index in [4.69, 9.17) is 0 Å². The first kappa shape index (κ1) is 23.0. The third-order valence-electron chi connectivity index (χ3n) is 6.81. The number of nitrogens with zero attached hydrogens (tertiary/aromatic N) is 3. The van der Waals surface area contributed by atoms with E-state index in [1.165, 1.54) is 5.56 Å². The first-order valence-corrected chi connectivity index (χ1v) is 12.1. The summed E-state index contributed by atoms with van der Waals surface area (Å²) < 4.78 is 1.59. The van der Waals surface area contributed by atoms with Crippen LogP contribution in [0.1, 0.15) is 21.6 Å². The zero-order chi connectivity index (χ0) is 24.2. The van der Waals surface area contributed by atoms with Crippen LogP contribution in [0.2, 0.25) is 0 Å². The minimum atomic E-state index is -1.01. The molecule has 0 spiro atoms. The van der Waals surface area contributed by atoms with E-state index in [2.05, 4.69) is 34.1 Å². The molecule has 0 atom stereocenters. The van der Waals surface area contributed by atoms with Gasteiger partial charge in [-0.1, -0.05) is 66.7 Å². The summed E-state index contributed by atoms with van der Waals surface area (Å²) >= 11 is 0. The highest BCUT2D eigenvalue weighted by Crippen LogP contribution is 2.24. The van der Waals surface area contributed by atoms with Crippen LogP contribution in [0.4, 0.5) is 0 Å². The number of hydrogen-bond acceptors (Lipinski definition) is 4. The van der Waals surface area contributed by atoms with Gasteiger partial charge in [0, 0.05) is 55.7 Å². The van der Waals surface area contributed by atoms with Gasteiger partial charge >= 0.3 is 5.97 Å². The van der Waals surface area contributed by atoms with Gasteiger partial charge in [-0.3, -0.25) is 14.3 Å². The topological polar surface area (TPSA) is 65.8 Å². The highest BCUT2D eigenvalue weighted by atomic mass is 16.4. The number of carbonyl (C=O) groups is 1. The molecule has 0 unspecified atom stereocenters. The van der Waals surface area contributed by atoms with Crippen molar-refractivity contribution in [2.45, 2.75) is 13.0 Å². The molecular formula is C29H29N3O3. The molecular weight excluding hydrogens is 438 g/mol. The summed E-state index contributed by atoms with van der Waals surface area (Å²) in [6, 6.07) is 26.8. The Bertz CT molecular complexity index is 1380. The number of benzene rings is 3. The van der Waals surface area contributed by atoms with Crippen molar-refractivity contribution in [1.82, 2.24) is 14.4 Å². The van der Waals surface area contributed by atoms with Crippen LogP contribution in [-0.4, -0.2) is 58.2 Å². The molecule has 1 aliphatic heterocycles. The molecule has 6 nitrogen and oxygen atoms in total. The normalized spacial score (nSPS) is 14.9. The molecule has 2 heterocycles. The van der Waals surface area contributed by atoms with Crippen LogP contribution in [0.5, 0.6) is 0 Å². The average Bonchev–Trinajstić information content (AvgIpc) is 2.89. The molecule has 3 aromatic carbocycles. The Kier molecular flexibility index (Phi) is 6.75. The maximum absolute atomic E-state index is 13.6. The summed E-state index contributed by atoms with van der Waals surface area (Å²) in [4.78, 5) is 30.8. The predicted octanol–water partition coefficient (Wildman–Crippen LogP) is 4.05. The number of aromatic carboxylic acids is 1. The number of carboxylic acids is 1. The molecule has 5 rings (SSSR count). The summed E-state index contributed by atoms with van der Waals surface area (Å²) in [6.07, 6.45) is 1.02. The van der Waals surface area contributed by atoms with Crippen molar-refractivity contribution in [3.63, 3.8) is 0 Å². The minimum Gasteiger partial charge on any atom is -0.478 e. The first-order chi connectivity index (χ1) is 17.1. The lowest BCUT2D eigenvalue weighted by molar-refractivity contribution is 0.0693. The zero-order valence-corrected chi connectivity index (χ0v) is 19.6. The Balaban J connectivity index is 1.43. The van der Waals surface area contributed by atoms with Crippen LogP contribution in [0.15, 0.2) is 89.7 Å². The molecule has 35 heavy (non-hydrogen) atoms. The maximum Gasteiger partial charge on any atom is 0.338 e. The Morgan fingerprint density at radius 3 is 1.97 bits per heavy atom. The van der Waals surface area contributed by atoms with E-state index in [0.717, 1.165) is 39.1 Å². The van der Waals surface area contributed by atoms with E-state index in [-0.39, 0.29) is 11.1 Å². The van der Waals surface area contributed by atoms with Crippen molar-refractivity contribution < 1.29 is 9.90 Å². The SMILES string of the molecule is O=C(O)c1c(CN2CCN(CCc3ccccc3)CC2)n(-c2ccccc2)c(=O)c2ccccc12. The van der Waals surface area contributed by atoms with E-state index in [1.54, 1.807) is 28.8 Å². The quantitative estimate of drug-likeness (QED) is 0.444. The standard InChI is InChI=1S/C29H29N3O3/c33-28-25-14-8-7-13-24(25)27(29(34)35)26(32(28)23-11-5-2-6-12-23)21-31-19-17-30(18-20-31)16-15-22-9-3-1-4-10-22/h1-14H,15-21H2,(H,34,35). The Morgan fingerprint density at radius 1 is 0.743 bits per heavy atom. The van der Waals surface area contributed by atoms with Crippen LogP contribution >= 0.6 is 0 Å². The van der Waals surface area contributed by atoms with Crippen LogP contribution in [0, 0.1) is 0 Å². The van der Waals surface area contributed by atoms with E-state index in [0.29, 0.717) is 28.7 Å². The molecule has 178 valence electrons. The summed E-state index contributed by atoms with van der Waals surface area (Å²) in [6.45, 7) is 4.89. The Morgan fingerprint density at radius 2 is 1.31 bits per heavy atom. The smallest absolute Gasteiger partial charge is 0.338 e. The van der Waals surface area contributed by atoms with Gasteiger partial charge in [0.05, 0.1) is 11.3 Å². The zero-order valence-electron chi connectivity index (χ0n) is 19.6. The van der Waals surface area contributed by atoms with Gasteiger partial charge in [-0.15, -0.1) is 0 Å². The van der Waals surface area contributed by atoms with Gasteiger partial charge in [0.25, 0.3) is 5.56 Å². The predicted molar refractivity (Wildman–Crippen MR) is 138 cm³/mol. The Hall–Kier alpha value is -3.74. The fraction of sp³-hybridized carbons (Fsp3) is 0.241. The molecule has 1 fully saturated rings. The van der Waals surface area contributed by atoms with Crippen molar-refractivity contribution in [2.75, 3.05) is 32.7 Å².